The second-order valence-electron chi connectivity index (χ2n) is 3.40. The summed E-state index contributed by atoms with van der Waals surface area (Å²) in [6.45, 7) is 0.456. The van der Waals surface area contributed by atoms with Crippen LogP contribution in [0, 0.1) is 11.3 Å². The number of aliphatic hydroxyl groups is 1. The third kappa shape index (κ3) is 4.30. The van der Waals surface area contributed by atoms with Crippen LogP contribution in [0.2, 0.25) is 0 Å². The third-order valence-corrected chi connectivity index (χ3v) is 2.01. The Morgan fingerprint density at radius 2 is 2.00 bits per heavy atom. The maximum atomic E-state index is 9.36. The summed E-state index contributed by atoms with van der Waals surface area (Å²) >= 11 is 0. The molecule has 1 aromatic carbocycles. The van der Waals surface area contributed by atoms with Gasteiger partial charge in [-0.05, 0) is 17.7 Å². The molecule has 86 valence electrons. The van der Waals surface area contributed by atoms with Crippen molar-refractivity contribution in [2.24, 2.45) is 0 Å². The molecule has 4 nitrogen and oxygen atoms in total. The highest BCUT2D eigenvalue weighted by Gasteiger charge is 2.04. The predicted molar refractivity (Wildman–Crippen MR) is 59.1 cm³/mol. The van der Waals surface area contributed by atoms with Crippen LogP contribution in [0.4, 0.5) is 0 Å². The molecule has 0 heterocycles. The molecule has 0 aromatic heterocycles. The number of hydrogen-bond donors (Lipinski definition) is 1. The molecule has 0 saturated carbocycles. The van der Waals surface area contributed by atoms with Crippen LogP contribution in [-0.4, -0.2) is 31.5 Å². The number of rotatable bonds is 6. The van der Waals surface area contributed by atoms with E-state index in [2.05, 4.69) is 6.07 Å². The number of methoxy groups -OCH3 is 1. The number of nitriles is 1. The summed E-state index contributed by atoms with van der Waals surface area (Å²) in [5.41, 5.74) is 0.951. The van der Waals surface area contributed by atoms with Gasteiger partial charge in [0.25, 0.3) is 0 Å². The largest absolute Gasteiger partial charge is 0.491 e. The van der Waals surface area contributed by atoms with Crippen LogP contribution in [0.3, 0.4) is 0 Å². The van der Waals surface area contributed by atoms with E-state index in [4.69, 9.17) is 14.7 Å². The monoisotopic (exact) mass is 221 g/mol. The predicted octanol–water partition coefficient (Wildman–Crippen LogP) is 1.14. The molecule has 0 saturated heterocycles. The molecule has 0 aliphatic heterocycles. The Morgan fingerprint density at radius 3 is 2.56 bits per heavy atom. The van der Waals surface area contributed by atoms with Crippen molar-refractivity contribution in [3.05, 3.63) is 29.8 Å². The summed E-state index contributed by atoms with van der Waals surface area (Å²) in [7, 11) is 1.53. The van der Waals surface area contributed by atoms with Crippen LogP contribution in [0.1, 0.15) is 5.56 Å². The quantitative estimate of drug-likeness (QED) is 0.782. The van der Waals surface area contributed by atoms with E-state index in [1.165, 1.54) is 7.11 Å². The Morgan fingerprint density at radius 1 is 1.31 bits per heavy atom. The summed E-state index contributed by atoms with van der Waals surface area (Å²) < 4.78 is 10.1. The molecule has 0 spiro atoms. The van der Waals surface area contributed by atoms with E-state index in [1.807, 2.05) is 12.1 Å². The molecule has 16 heavy (non-hydrogen) atoms. The zero-order valence-corrected chi connectivity index (χ0v) is 9.22. The van der Waals surface area contributed by atoms with Crippen LogP contribution < -0.4 is 4.74 Å². The summed E-state index contributed by atoms with van der Waals surface area (Å²) in [4.78, 5) is 0. The average Bonchev–Trinajstić information content (AvgIpc) is 2.29. The van der Waals surface area contributed by atoms with E-state index in [-0.39, 0.29) is 13.2 Å². The van der Waals surface area contributed by atoms with Gasteiger partial charge in [0.05, 0.1) is 19.1 Å². The summed E-state index contributed by atoms with van der Waals surface area (Å²) in [5, 5.41) is 17.9. The lowest BCUT2D eigenvalue weighted by Gasteiger charge is -2.11. The van der Waals surface area contributed by atoms with Crippen molar-refractivity contribution in [3.8, 4) is 11.8 Å². The maximum Gasteiger partial charge on any atom is 0.119 e. The molecule has 0 aliphatic carbocycles. The molecule has 1 rings (SSSR count). The second-order valence-corrected chi connectivity index (χ2v) is 3.40. The minimum Gasteiger partial charge on any atom is -0.491 e. The summed E-state index contributed by atoms with van der Waals surface area (Å²) in [6, 6.07) is 9.31. The van der Waals surface area contributed by atoms with Gasteiger partial charge >= 0.3 is 0 Å². The molecule has 1 aromatic rings. The van der Waals surface area contributed by atoms with Gasteiger partial charge in [-0.1, -0.05) is 12.1 Å². The van der Waals surface area contributed by atoms with Crippen LogP contribution in [-0.2, 0) is 11.2 Å². The van der Waals surface area contributed by atoms with Gasteiger partial charge in [-0.15, -0.1) is 0 Å². The van der Waals surface area contributed by atoms with Gasteiger partial charge in [0.15, 0.2) is 0 Å². The highest BCUT2D eigenvalue weighted by atomic mass is 16.5. The maximum absolute atomic E-state index is 9.36. The minimum atomic E-state index is -0.621. The number of aliphatic hydroxyl groups excluding tert-OH is 1. The van der Waals surface area contributed by atoms with E-state index in [1.54, 1.807) is 12.1 Å². The molecule has 1 atom stereocenters. The zero-order valence-electron chi connectivity index (χ0n) is 9.22. The fourth-order valence-corrected chi connectivity index (χ4v) is 1.23. The lowest BCUT2D eigenvalue weighted by Crippen LogP contribution is -2.22. The number of benzene rings is 1. The topological polar surface area (TPSA) is 62.5 Å². The lowest BCUT2D eigenvalue weighted by atomic mass is 10.2. The zero-order chi connectivity index (χ0) is 11.8. The first-order valence-electron chi connectivity index (χ1n) is 5.02. The van der Waals surface area contributed by atoms with Gasteiger partial charge < -0.3 is 14.6 Å². The van der Waals surface area contributed by atoms with Gasteiger partial charge in [0.2, 0.25) is 0 Å². The van der Waals surface area contributed by atoms with Gasteiger partial charge in [0.1, 0.15) is 18.5 Å². The normalized spacial score (nSPS) is 11.8. The van der Waals surface area contributed by atoms with E-state index in [0.29, 0.717) is 12.2 Å². The Hall–Kier alpha value is -1.57. The average molecular weight is 221 g/mol. The number of nitrogens with zero attached hydrogens (tertiary/aromatic N) is 1. The minimum absolute atomic E-state index is 0.200. The van der Waals surface area contributed by atoms with Crippen molar-refractivity contribution >= 4 is 0 Å². The standard InChI is InChI=1S/C12H15NO3/c1-15-8-11(14)9-16-12-4-2-10(3-5-12)6-7-13/h2-5,11,14H,6,8-9H2,1H3. The molecule has 4 heteroatoms. The lowest BCUT2D eigenvalue weighted by molar-refractivity contribution is 0.0325. The highest BCUT2D eigenvalue weighted by molar-refractivity contribution is 5.28. The Bertz CT molecular complexity index is 342. The van der Waals surface area contributed by atoms with Crippen LogP contribution >= 0.6 is 0 Å². The first-order valence-corrected chi connectivity index (χ1v) is 5.02. The molecule has 0 fully saturated rings. The molecule has 0 radical (unpaired) electrons. The van der Waals surface area contributed by atoms with Crippen molar-refractivity contribution < 1.29 is 14.6 Å². The van der Waals surface area contributed by atoms with Gasteiger partial charge in [0, 0.05) is 7.11 Å². The fraction of sp³-hybridized carbons (Fsp3) is 0.417. The van der Waals surface area contributed by atoms with E-state index in [0.717, 1.165) is 5.56 Å². The van der Waals surface area contributed by atoms with Crippen molar-refractivity contribution in [3.63, 3.8) is 0 Å². The Kier molecular flexibility index (Phi) is 5.34. The van der Waals surface area contributed by atoms with Crippen molar-refractivity contribution in [1.82, 2.24) is 0 Å². The van der Waals surface area contributed by atoms with Gasteiger partial charge in [-0.2, -0.15) is 5.26 Å². The van der Waals surface area contributed by atoms with Crippen LogP contribution in [0.5, 0.6) is 5.75 Å². The molecular formula is C12H15NO3. The van der Waals surface area contributed by atoms with E-state index >= 15 is 0 Å². The van der Waals surface area contributed by atoms with Crippen molar-refractivity contribution in [2.45, 2.75) is 12.5 Å². The molecule has 0 aliphatic rings. The van der Waals surface area contributed by atoms with E-state index in [9.17, 15) is 5.11 Å². The Balaban J connectivity index is 2.40. The van der Waals surface area contributed by atoms with Crippen LogP contribution in [0.25, 0.3) is 0 Å². The van der Waals surface area contributed by atoms with Crippen molar-refractivity contribution in [1.29, 1.82) is 5.26 Å². The molecule has 1 N–H and O–H groups in total. The summed E-state index contributed by atoms with van der Waals surface area (Å²) in [6.07, 6.45) is -0.226. The fourth-order valence-electron chi connectivity index (χ4n) is 1.23. The first-order chi connectivity index (χ1) is 7.76. The molecule has 1 unspecified atom stereocenters. The molecular weight excluding hydrogens is 206 g/mol. The summed E-state index contributed by atoms with van der Waals surface area (Å²) in [5.74, 6) is 0.678. The molecule has 0 amide bonds. The SMILES string of the molecule is COCC(O)COc1ccc(CC#N)cc1. The van der Waals surface area contributed by atoms with Gasteiger partial charge in [-0.3, -0.25) is 0 Å². The Labute approximate surface area is 95.0 Å². The smallest absolute Gasteiger partial charge is 0.119 e. The van der Waals surface area contributed by atoms with Crippen molar-refractivity contribution in [2.75, 3.05) is 20.3 Å². The van der Waals surface area contributed by atoms with Crippen LogP contribution in [0.15, 0.2) is 24.3 Å². The molecule has 0 bridgehead atoms. The highest BCUT2D eigenvalue weighted by Crippen LogP contribution is 2.12. The number of hydrogen-bond acceptors (Lipinski definition) is 4. The third-order valence-electron chi connectivity index (χ3n) is 2.01. The second kappa shape index (κ2) is 6.83. The van der Waals surface area contributed by atoms with E-state index < -0.39 is 6.10 Å². The number of ether oxygens (including phenoxy) is 2. The van der Waals surface area contributed by atoms with Gasteiger partial charge in [-0.25, -0.2) is 0 Å². The first kappa shape index (κ1) is 12.5.